The monoisotopic (exact) mass is 388 g/mol. The Bertz CT molecular complexity index is 841. The molecule has 2 amide bonds. The molecule has 0 bridgehead atoms. The van der Waals surface area contributed by atoms with E-state index in [1.165, 1.54) is 18.2 Å². The summed E-state index contributed by atoms with van der Waals surface area (Å²) in [6.45, 7) is -0.530. The first-order chi connectivity index (χ1) is 13.5. The lowest BCUT2D eigenvalue weighted by Gasteiger charge is -2.09. The highest BCUT2D eigenvalue weighted by Gasteiger charge is 2.11. The molecule has 0 saturated heterocycles. The van der Waals surface area contributed by atoms with Crippen molar-refractivity contribution in [2.45, 2.75) is 6.42 Å². The smallest absolute Gasteiger partial charge is 0.325 e. The van der Waals surface area contributed by atoms with Gasteiger partial charge in [0.1, 0.15) is 18.1 Å². The Balaban J connectivity index is 1.65. The van der Waals surface area contributed by atoms with Gasteiger partial charge in [-0.05, 0) is 36.2 Å². The average Bonchev–Trinajstić information content (AvgIpc) is 2.70. The van der Waals surface area contributed by atoms with Crippen molar-refractivity contribution >= 4 is 17.8 Å². The number of nitrogens with one attached hydrogen (secondary N) is 2. The third-order valence-electron chi connectivity index (χ3n) is 3.75. The number of rotatable bonds is 9. The van der Waals surface area contributed by atoms with Crippen LogP contribution in [-0.4, -0.2) is 44.6 Å². The van der Waals surface area contributed by atoms with Crippen LogP contribution in [0.4, 0.5) is 4.39 Å². The van der Waals surface area contributed by atoms with E-state index >= 15 is 0 Å². The molecule has 0 spiro atoms. The molecule has 0 radical (unpaired) electrons. The van der Waals surface area contributed by atoms with Crippen LogP contribution in [-0.2, 0) is 20.7 Å². The fourth-order valence-electron chi connectivity index (χ4n) is 2.38. The second kappa shape index (κ2) is 10.7. The van der Waals surface area contributed by atoms with Crippen molar-refractivity contribution in [3.05, 3.63) is 65.5 Å². The highest BCUT2D eigenvalue weighted by atomic mass is 19.1. The van der Waals surface area contributed by atoms with E-state index in [0.717, 1.165) is 17.4 Å². The molecule has 2 N–H and O–H groups in total. The molecule has 0 aliphatic heterocycles. The minimum atomic E-state index is -0.773. The zero-order valence-electron chi connectivity index (χ0n) is 15.4. The SMILES string of the molecule is COc1ccccc1CCNC(=O)COC(=O)CNC(=O)c1cccc(F)c1. The number of halogens is 1. The molecule has 2 aromatic rings. The first kappa shape index (κ1) is 20.9. The van der Waals surface area contributed by atoms with E-state index in [0.29, 0.717) is 13.0 Å². The molecule has 2 aromatic carbocycles. The summed E-state index contributed by atoms with van der Waals surface area (Å²) in [5.41, 5.74) is 1.03. The lowest BCUT2D eigenvalue weighted by Crippen LogP contribution is -2.34. The molecular formula is C20H21FN2O5. The molecule has 148 valence electrons. The summed E-state index contributed by atoms with van der Waals surface area (Å²) < 4.78 is 23.1. The fraction of sp³-hybridized carbons (Fsp3) is 0.250. The summed E-state index contributed by atoms with van der Waals surface area (Å²) in [4.78, 5) is 35.2. The van der Waals surface area contributed by atoms with E-state index in [2.05, 4.69) is 10.6 Å². The van der Waals surface area contributed by atoms with Gasteiger partial charge in [-0.1, -0.05) is 24.3 Å². The first-order valence-corrected chi connectivity index (χ1v) is 8.57. The Morgan fingerprint density at radius 2 is 1.82 bits per heavy atom. The number of carbonyl (C=O) groups excluding carboxylic acids is 3. The summed E-state index contributed by atoms with van der Waals surface area (Å²) in [5, 5.41) is 4.94. The maximum Gasteiger partial charge on any atom is 0.325 e. The molecule has 0 aliphatic carbocycles. The Morgan fingerprint density at radius 3 is 2.57 bits per heavy atom. The van der Waals surface area contributed by atoms with Gasteiger partial charge in [0.25, 0.3) is 11.8 Å². The quantitative estimate of drug-likeness (QED) is 0.635. The minimum absolute atomic E-state index is 0.0851. The summed E-state index contributed by atoms with van der Waals surface area (Å²) >= 11 is 0. The van der Waals surface area contributed by atoms with Crippen molar-refractivity contribution in [1.82, 2.24) is 10.6 Å². The first-order valence-electron chi connectivity index (χ1n) is 8.57. The van der Waals surface area contributed by atoms with Crippen LogP contribution in [0, 0.1) is 5.82 Å². The number of benzene rings is 2. The molecule has 0 unspecified atom stereocenters. The Hall–Kier alpha value is -3.42. The normalized spacial score (nSPS) is 10.1. The van der Waals surface area contributed by atoms with Gasteiger partial charge >= 0.3 is 5.97 Å². The molecule has 0 atom stereocenters. The molecule has 28 heavy (non-hydrogen) atoms. The number of ether oxygens (including phenoxy) is 2. The number of esters is 1. The maximum absolute atomic E-state index is 13.1. The summed E-state index contributed by atoms with van der Waals surface area (Å²) in [6.07, 6.45) is 0.563. The number of para-hydroxylation sites is 1. The zero-order valence-corrected chi connectivity index (χ0v) is 15.4. The van der Waals surface area contributed by atoms with E-state index in [9.17, 15) is 18.8 Å². The van der Waals surface area contributed by atoms with Gasteiger partial charge in [-0.25, -0.2) is 4.39 Å². The van der Waals surface area contributed by atoms with Gasteiger partial charge in [-0.2, -0.15) is 0 Å². The Morgan fingerprint density at radius 1 is 1.04 bits per heavy atom. The van der Waals surface area contributed by atoms with Gasteiger partial charge in [0.05, 0.1) is 7.11 Å². The maximum atomic E-state index is 13.1. The van der Waals surface area contributed by atoms with Crippen LogP contribution in [0.5, 0.6) is 5.75 Å². The standard InChI is InChI=1S/C20H21FN2O5/c1-27-17-8-3-2-5-14(17)9-10-22-18(24)13-28-19(25)12-23-20(26)15-6-4-7-16(21)11-15/h2-8,11H,9-10,12-13H2,1H3,(H,22,24)(H,23,26). The number of methoxy groups -OCH3 is 1. The average molecular weight is 388 g/mol. The zero-order chi connectivity index (χ0) is 20.4. The topological polar surface area (TPSA) is 93.7 Å². The van der Waals surface area contributed by atoms with Crippen molar-refractivity contribution in [3.63, 3.8) is 0 Å². The molecule has 0 heterocycles. The Kier molecular flexibility index (Phi) is 7.95. The molecule has 0 aliphatic rings. The number of carbonyl (C=O) groups is 3. The molecule has 8 heteroatoms. The molecule has 0 aromatic heterocycles. The van der Waals surface area contributed by atoms with Crippen LogP contribution in [0.3, 0.4) is 0 Å². The van der Waals surface area contributed by atoms with Gasteiger partial charge in [0.15, 0.2) is 6.61 Å². The second-order valence-corrected chi connectivity index (χ2v) is 5.77. The van der Waals surface area contributed by atoms with Gasteiger partial charge < -0.3 is 20.1 Å². The van der Waals surface area contributed by atoms with Crippen LogP contribution >= 0.6 is 0 Å². The van der Waals surface area contributed by atoms with E-state index in [1.807, 2.05) is 24.3 Å². The van der Waals surface area contributed by atoms with Crippen LogP contribution in [0.15, 0.2) is 48.5 Å². The van der Waals surface area contributed by atoms with Crippen LogP contribution in [0.1, 0.15) is 15.9 Å². The van der Waals surface area contributed by atoms with Crippen molar-refractivity contribution in [2.75, 3.05) is 26.8 Å². The minimum Gasteiger partial charge on any atom is -0.496 e. The molecule has 0 saturated carbocycles. The van der Waals surface area contributed by atoms with Crippen LogP contribution in [0.25, 0.3) is 0 Å². The molecule has 2 rings (SSSR count). The molecule has 0 fully saturated rings. The highest BCUT2D eigenvalue weighted by molar-refractivity contribution is 5.96. The number of hydrogen-bond donors (Lipinski definition) is 2. The second-order valence-electron chi connectivity index (χ2n) is 5.77. The van der Waals surface area contributed by atoms with Crippen molar-refractivity contribution in [1.29, 1.82) is 0 Å². The van der Waals surface area contributed by atoms with E-state index in [1.54, 1.807) is 7.11 Å². The third-order valence-corrected chi connectivity index (χ3v) is 3.75. The van der Waals surface area contributed by atoms with Crippen molar-refractivity contribution in [2.24, 2.45) is 0 Å². The lowest BCUT2D eigenvalue weighted by molar-refractivity contribution is -0.147. The number of amides is 2. The molecule has 7 nitrogen and oxygen atoms in total. The van der Waals surface area contributed by atoms with Crippen molar-refractivity contribution < 1.29 is 28.2 Å². The van der Waals surface area contributed by atoms with Crippen molar-refractivity contribution in [3.8, 4) is 5.75 Å². The molecular weight excluding hydrogens is 367 g/mol. The Labute approximate surface area is 161 Å². The number of hydrogen-bond acceptors (Lipinski definition) is 5. The van der Waals surface area contributed by atoms with Crippen LogP contribution < -0.4 is 15.4 Å². The summed E-state index contributed by atoms with van der Waals surface area (Å²) in [7, 11) is 1.57. The van der Waals surface area contributed by atoms with E-state index in [-0.39, 0.29) is 5.56 Å². The summed E-state index contributed by atoms with van der Waals surface area (Å²) in [5.74, 6) is -1.67. The summed E-state index contributed by atoms with van der Waals surface area (Å²) in [6, 6.07) is 12.5. The predicted octanol–water partition coefficient (Wildman–Crippen LogP) is 1.47. The third kappa shape index (κ3) is 6.71. The lowest BCUT2D eigenvalue weighted by atomic mass is 10.1. The van der Waals surface area contributed by atoms with Gasteiger partial charge in [0.2, 0.25) is 0 Å². The predicted molar refractivity (Wildman–Crippen MR) is 99.4 cm³/mol. The van der Waals surface area contributed by atoms with Gasteiger partial charge in [-0.15, -0.1) is 0 Å². The van der Waals surface area contributed by atoms with E-state index < -0.39 is 36.8 Å². The van der Waals surface area contributed by atoms with Gasteiger partial charge in [-0.3, -0.25) is 14.4 Å². The fourth-order valence-corrected chi connectivity index (χ4v) is 2.38. The van der Waals surface area contributed by atoms with E-state index in [4.69, 9.17) is 9.47 Å². The van der Waals surface area contributed by atoms with Gasteiger partial charge in [0, 0.05) is 12.1 Å². The highest BCUT2D eigenvalue weighted by Crippen LogP contribution is 2.17. The van der Waals surface area contributed by atoms with Crippen LogP contribution in [0.2, 0.25) is 0 Å². The largest absolute Gasteiger partial charge is 0.496 e.